The minimum absolute atomic E-state index is 0.134. The number of ether oxygens (including phenoxy) is 2. The Balaban J connectivity index is 2.12. The van der Waals surface area contributed by atoms with Crippen LogP contribution >= 0.6 is 0 Å². The highest BCUT2D eigenvalue weighted by atomic mass is 16.5. The van der Waals surface area contributed by atoms with Gasteiger partial charge in [-0.3, -0.25) is 4.90 Å². The molecular weight excluding hydrogens is 306 g/mol. The molecule has 132 valence electrons. The van der Waals surface area contributed by atoms with Gasteiger partial charge in [-0.2, -0.15) is 4.98 Å². The molecule has 2 rings (SSSR count). The summed E-state index contributed by atoms with van der Waals surface area (Å²) in [6.07, 6.45) is 1.82. The van der Waals surface area contributed by atoms with Gasteiger partial charge in [-0.05, 0) is 26.5 Å². The van der Waals surface area contributed by atoms with Crippen LogP contribution in [-0.2, 0) is 19.5 Å². The van der Waals surface area contributed by atoms with Crippen LogP contribution in [-0.4, -0.2) is 35.3 Å². The third kappa shape index (κ3) is 4.71. The molecule has 2 aromatic rings. The average Bonchev–Trinajstić information content (AvgIpc) is 3.03. The minimum Gasteiger partial charge on any atom is -0.493 e. The van der Waals surface area contributed by atoms with Gasteiger partial charge in [0.2, 0.25) is 5.89 Å². The molecule has 1 atom stereocenters. The molecule has 0 fully saturated rings. The summed E-state index contributed by atoms with van der Waals surface area (Å²) in [4.78, 5) is 6.48. The van der Waals surface area contributed by atoms with Gasteiger partial charge in [0.1, 0.15) is 0 Å². The van der Waals surface area contributed by atoms with Gasteiger partial charge in [-0.25, -0.2) is 0 Å². The van der Waals surface area contributed by atoms with Crippen LogP contribution in [0.25, 0.3) is 0 Å². The van der Waals surface area contributed by atoms with E-state index in [0.29, 0.717) is 24.8 Å². The lowest BCUT2D eigenvalue weighted by molar-refractivity contribution is 0.200. The first-order valence-corrected chi connectivity index (χ1v) is 8.39. The SMILES string of the molecule is CCc1nc(CN(C)Cc2cccc(OC)c2O[C@H](C)CC)no1. The van der Waals surface area contributed by atoms with Gasteiger partial charge in [0, 0.05) is 18.5 Å². The predicted molar refractivity (Wildman–Crippen MR) is 92.2 cm³/mol. The molecule has 0 amide bonds. The normalized spacial score (nSPS) is 12.4. The van der Waals surface area contributed by atoms with E-state index >= 15 is 0 Å². The van der Waals surface area contributed by atoms with E-state index in [1.807, 2.05) is 26.1 Å². The van der Waals surface area contributed by atoms with Crippen molar-refractivity contribution in [3.63, 3.8) is 0 Å². The number of methoxy groups -OCH3 is 1. The summed E-state index contributed by atoms with van der Waals surface area (Å²) >= 11 is 0. The van der Waals surface area contributed by atoms with Crippen LogP contribution in [0.2, 0.25) is 0 Å². The van der Waals surface area contributed by atoms with Crippen molar-refractivity contribution in [1.82, 2.24) is 15.0 Å². The Labute approximate surface area is 143 Å². The molecule has 0 aliphatic heterocycles. The molecule has 24 heavy (non-hydrogen) atoms. The van der Waals surface area contributed by atoms with Crippen molar-refractivity contribution in [2.75, 3.05) is 14.2 Å². The van der Waals surface area contributed by atoms with Crippen LogP contribution in [0.1, 0.15) is 44.5 Å². The molecule has 0 N–H and O–H groups in total. The van der Waals surface area contributed by atoms with Crippen molar-refractivity contribution in [1.29, 1.82) is 0 Å². The fourth-order valence-corrected chi connectivity index (χ4v) is 2.35. The molecule has 0 aliphatic carbocycles. The summed E-state index contributed by atoms with van der Waals surface area (Å²) < 4.78 is 16.7. The van der Waals surface area contributed by atoms with Crippen LogP contribution in [0.4, 0.5) is 0 Å². The van der Waals surface area contributed by atoms with Crippen LogP contribution < -0.4 is 9.47 Å². The second-order valence-corrected chi connectivity index (χ2v) is 5.92. The number of aromatic nitrogens is 2. The maximum absolute atomic E-state index is 6.09. The zero-order chi connectivity index (χ0) is 17.5. The molecule has 0 aliphatic rings. The van der Waals surface area contributed by atoms with Crippen molar-refractivity contribution >= 4 is 0 Å². The summed E-state index contributed by atoms with van der Waals surface area (Å²) in [6.45, 7) is 7.48. The standard InChI is InChI=1S/C18H27N3O3/c1-6-13(3)23-18-14(9-8-10-15(18)22-5)11-21(4)12-16-19-17(7-2)24-20-16/h8-10,13H,6-7,11-12H2,1-5H3/t13-/m1/s1. The number of rotatable bonds is 9. The second-order valence-electron chi connectivity index (χ2n) is 5.92. The van der Waals surface area contributed by atoms with E-state index in [1.165, 1.54) is 0 Å². The van der Waals surface area contributed by atoms with Crippen molar-refractivity contribution < 1.29 is 14.0 Å². The van der Waals surface area contributed by atoms with Crippen molar-refractivity contribution in [3.8, 4) is 11.5 Å². The van der Waals surface area contributed by atoms with E-state index in [1.54, 1.807) is 7.11 Å². The number of hydrogen-bond acceptors (Lipinski definition) is 6. The van der Waals surface area contributed by atoms with Gasteiger partial charge >= 0.3 is 0 Å². The monoisotopic (exact) mass is 333 g/mol. The van der Waals surface area contributed by atoms with E-state index in [0.717, 1.165) is 29.9 Å². The van der Waals surface area contributed by atoms with Crippen LogP contribution in [0.5, 0.6) is 11.5 Å². The van der Waals surface area contributed by atoms with E-state index in [4.69, 9.17) is 14.0 Å². The number of aryl methyl sites for hydroxylation is 1. The third-order valence-corrected chi connectivity index (χ3v) is 3.84. The quantitative estimate of drug-likeness (QED) is 0.700. The Hall–Kier alpha value is -2.08. The first kappa shape index (κ1) is 18.3. The molecule has 1 aromatic heterocycles. The number of hydrogen-bond donors (Lipinski definition) is 0. The molecule has 0 spiro atoms. The molecule has 0 bridgehead atoms. The van der Waals surface area contributed by atoms with E-state index in [-0.39, 0.29) is 6.10 Å². The maximum Gasteiger partial charge on any atom is 0.226 e. The smallest absolute Gasteiger partial charge is 0.226 e. The second kappa shape index (κ2) is 8.68. The summed E-state index contributed by atoms with van der Waals surface area (Å²) in [7, 11) is 3.69. The Bertz CT molecular complexity index is 642. The van der Waals surface area contributed by atoms with Crippen molar-refractivity contribution in [2.45, 2.75) is 52.8 Å². The number of nitrogens with zero attached hydrogens (tertiary/aromatic N) is 3. The first-order chi connectivity index (χ1) is 11.6. The van der Waals surface area contributed by atoms with Crippen LogP contribution in [0, 0.1) is 0 Å². The van der Waals surface area contributed by atoms with E-state index in [2.05, 4.69) is 35.0 Å². The fraction of sp³-hybridized carbons (Fsp3) is 0.556. The fourth-order valence-electron chi connectivity index (χ4n) is 2.35. The Morgan fingerprint density at radius 2 is 2.04 bits per heavy atom. The Morgan fingerprint density at radius 3 is 2.67 bits per heavy atom. The predicted octanol–water partition coefficient (Wildman–Crippen LogP) is 3.45. The van der Waals surface area contributed by atoms with Gasteiger partial charge in [-0.15, -0.1) is 0 Å². The lowest BCUT2D eigenvalue weighted by Gasteiger charge is -2.21. The molecule has 1 heterocycles. The highest BCUT2D eigenvalue weighted by Crippen LogP contribution is 2.33. The Kier molecular flexibility index (Phi) is 6.61. The molecular formula is C18H27N3O3. The summed E-state index contributed by atoms with van der Waals surface area (Å²) in [6, 6.07) is 5.97. The largest absolute Gasteiger partial charge is 0.493 e. The molecule has 6 nitrogen and oxygen atoms in total. The lowest BCUT2D eigenvalue weighted by atomic mass is 10.1. The molecule has 6 heteroatoms. The highest BCUT2D eigenvalue weighted by molar-refractivity contribution is 5.46. The van der Waals surface area contributed by atoms with Crippen molar-refractivity contribution in [3.05, 3.63) is 35.5 Å². The van der Waals surface area contributed by atoms with Gasteiger partial charge in [0.25, 0.3) is 0 Å². The molecule has 0 radical (unpaired) electrons. The van der Waals surface area contributed by atoms with Crippen LogP contribution in [0.15, 0.2) is 22.7 Å². The van der Waals surface area contributed by atoms with Gasteiger partial charge < -0.3 is 14.0 Å². The van der Waals surface area contributed by atoms with Gasteiger partial charge in [-0.1, -0.05) is 31.1 Å². The topological polar surface area (TPSA) is 60.6 Å². The Morgan fingerprint density at radius 1 is 1.25 bits per heavy atom. The highest BCUT2D eigenvalue weighted by Gasteiger charge is 2.16. The average molecular weight is 333 g/mol. The lowest BCUT2D eigenvalue weighted by Crippen LogP contribution is -2.20. The third-order valence-electron chi connectivity index (χ3n) is 3.84. The maximum atomic E-state index is 6.09. The van der Waals surface area contributed by atoms with E-state index < -0.39 is 0 Å². The van der Waals surface area contributed by atoms with E-state index in [9.17, 15) is 0 Å². The van der Waals surface area contributed by atoms with Gasteiger partial charge in [0.15, 0.2) is 17.3 Å². The molecule has 0 unspecified atom stereocenters. The zero-order valence-corrected chi connectivity index (χ0v) is 15.2. The van der Waals surface area contributed by atoms with Gasteiger partial charge in [0.05, 0.1) is 19.8 Å². The number of benzene rings is 1. The van der Waals surface area contributed by atoms with Crippen molar-refractivity contribution in [2.24, 2.45) is 0 Å². The van der Waals surface area contributed by atoms with Crippen LogP contribution in [0.3, 0.4) is 0 Å². The summed E-state index contributed by atoms with van der Waals surface area (Å²) in [5.74, 6) is 2.93. The molecule has 0 saturated carbocycles. The summed E-state index contributed by atoms with van der Waals surface area (Å²) in [5.41, 5.74) is 1.08. The summed E-state index contributed by atoms with van der Waals surface area (Å²) in [5, 5.41) is 4.00. The first-order valence-electron chi connectivity index (χ1n) is 8.39. The zero-order valence-electron chi connectivity index (χ0n) is 15.2. The minimum atomic E-state index is 0.134. The number of para-hydroxylation sites is 1. The molecule has 0 saturated heterocycles. The molecule has 1 aromatic carbocycles.